The molecule has 2 aromatic heterocycles. The second kappa shape index (κ2) is 8.86. The molecule has 1 atom stereocenters. The Bertz CT molecular complexity index is 1040. The summed E-state index contributed by atoms with van der Waals surface area (Å²) in [5.41, 5.74) is 0.445. The lowest BCUT2D eigenvalue weighted by molar-refractivity contribution is -0.125. The van der Waals surface area contributed by atoms with Crippen molar-refractivity contribution >= 4 is 11.7 Å². The van der Waals surface area contributed by atoms with E-state index in [-0.39, 0.29) is 17.4 Å². The van der Waals surface area contributed by atoms with Crippen molar-refractivity contribution in [2.75, 3.05) is 25.1 Å². The molecule has 0 aliphatic carbocycles. The Balaban J connectivity index is 1.47. The van der Waals surface area contributed by atoms with Gasteiger partial charge in [0.05, 0.1) is 31.5 Å². The van der Waals surface area contributed by atoms with Crippen LogP contribution in [0.1, 0.15) is 18.6 Å². The number of amides is 1. The standard InChI is InChI=1S/C22H24N4O4/c1-29-18-8-6-17(7-9-18)26-21(27)11-10-20(24-26)25-12-2-4-16(15-25)22(28)23-14-19-5-3-13-30-19/h3,5-11,13,16H,2,4,12,14-15H2,1H3,(H,23,28). The summed E-state index contributed by atoms with van der Waals surface area (Å²) in [6.45, 7) is 1.72. The van der Waals surface area contributed by atoms with Gasteiger partial charge in [0.25, 0.3) is 5.56 Å². The minimum Gasteiger partial charge on any atom is -0.497 e. The summed E-state index contributed by atoms with van der Waals surface area (Å²) >= 11 is 0. The SMILES string of the molecule is COc1ccc(-n2nc(N3CCCC(C(=O)NCc4ccco4)C3)ccc2=O)cc1. The van der Waals surface area contributed by atoms with Gasteiger partial charge in [-0.15, -0.1) is 5.10 Å². The van der Waals surface area contributed by atoms with Gasteiger partial charge in [0.1, 0.15) is 17.3 Å². The van der Waals surface area contributed by atoms with Crippen molar-refractivity contribution in [3.8, 4) is 11.4 Å². The number of methoxy groups -OCH3 is 1. The minimum atomic E-state index is -0.214. The number of benzene rings is 1. The Morgan fingerprint density at radius 2 is 2.07 bits per heavy atom. The van der Waals surface area contributed by atoms with E-state index in [1.165, 1.54) is 10.7 Å². The van der Waals surface area contributed by atoms with Crippen molar-refractivity contribution in [3.63, 3.8) is 0 Å². The van der Waals surface area contributed by atoms with Crippen molar-refractivity contribution in [3.05, 3.63) is 70.9 Å². The first-order valence-electron chi connectivity index (χ1n) is 9.94. The van der Waals surface area contributed by atoms with Crippen molar-refractivity contribution in [1.82, 2.24) is 15.1 Å². The van der Waals surface area contributed by atoms with Crippen LogP contribution < -0.4 is 20.5 Å². The van der Waals surface area contributed by atoms with Crippen LogP contribution in [-0.2, 0) is 11.3 Å². The van der Waals surface area contributed by atoms with E-state index in [0.717, 1.165) is 25.1 Å². The summed E-state index contributed by atoms with van der Waals surface area (Å²) in [6, 6.07) is 14.0. The zero-order valence-corrected chi connectivity index (χ0v) is 16.8. The molecule has 1 aliphatic heterocycles. The van der Waals surface area contributed by atoms with Crippen molar-refractivity contribution in [2.24, 2.45) is 5.92 Å². The zero-order chi connectivity index (χ0) is 20.9. The van der Waals surface area contributed by atoms with Crippen molar-refractivity contribution in [2.45, 2.75) is 19.4 Å². The number of hydrogen-bond donors (Lipinski definition) is 1. The van der Waals surface area contributed by atoms with Crippen LogP contribution in [0.25, 0.3) is 5.69 Å². The fourth-order valence-corrected chi connectivity index (χ4v) is 3.61. The number of carbonyl (C=O) groups is 1. The lowest BCUT2D eigenvalue weighted by atomic mass is 9.97. The number of hydrogen-bond acceptors (Lipinski definition) is 6. The van der Waals surface area contributed by atoms with Crippen LogP contribution in [0.5, 0.6) is 5.75 Å². The molecule has 0 spiro atoms. The molecule has 0 bridgehead atoms. The van der Waals surface area contributed by atoms with Crippen LogP contribution in [0.3, 0.4) is 0 Å². The Kier molecular flexibility index (Phi) is 5.83. The molecule has 1 aromatic carbocycles. The second-order valence-electron chi connectivity index (χ2n) is 7.22. The van der Waals surface area contributed by atoms with Gasteiger partial charge in [0.2, 0.25) is 5.91 Å². The highest BCUT2D eigenvalue weighted by molar-refractivity contribution is 5.79. The van der Waals surface area contributed by atoms with Crippen LogP contribution in [0, 0.1) is 5.92 Å². The molecule has 3 aromatic rings. The van der Waals surface area contributed by atoms with Crippen molar-refractivity contribution in [1.29, 1.82) is 0 Å². The van der Waals surface area contributed by atoms with Gasteiger partial charge >= 0.3 is 0 Å². The molecule has 1 unspecified atom stereocenters. The number of furan rings is 1. The molecule has 4 rings (SSSR count). The monoisotopic (exact) mass is 408 g/mol. The number of nitrogens with one attached hydrogen (secondary N) is 1. The van der Waals surface area contributed by atoms with Gasteiger partial charge in [-0.3, -0.25) is 9.59 Å². The number of ether oxygens (including phenoxy) is 1. The van der Waals surface area contributed by atoms with Crippen LogP contribution in [0.2, 0.25) is 0 Å². The van der Waals surface area contributed by atoms with E-state index in [0.29, 0.717) is 30.3 Å². The number of rotatable bonds is 6. The summed E-state index contributed by atoms with van der Waals surface area (Å²) in [6.07, 6.45) is 3.29. The van der Waals surface area contributed by atoms with E-state index >= 15 is 0 Å². The second-order valence-corrected chi connectivity index (χ2v) is 7.22. The number of nitrogens with zero attached hydrogens (tertiary/aromatic N) is 3. The van der Waals surface area contributed by atoms with Gasteiger partial charge in [0.15, 0.2) is 0 Å². The van der Waals surface area contributed by atoms with E-state index in [4.69, 9.17) is 9.15 Å². The van der Waals surface area contributed by atoms with Crippen LogP contribution in [0.4, 0.5) is 5.82 Å². The third-order valence-corrected chi connectivity index (χ3v) is 5.24. The molecule has 1 aliphatic rings. The molecule has 8 heteroatoms. The smallest absolute Gasteiger partial charge is 0.271 e. The molecule has 1 N–H and O–H groups in total. The Morgan fingerprint density at radius 1 is 1.23 bits per heavy atom. The molecule has 1 fully saturated rings. The van der Waals surface area contributed by atoms with E-state index < -0.39 is 0 Å². The Hall–Kier alpha value is -3.55. The predicted molar refractivity (Wildman–Crippen MR) is 112 cm³/mol. The summed E-state index contributed by atoms with van der Waals surface area (Å²) < 4.78 is 11.8. The number of aromatic nitrogens is 2. The first kappa shape index (κ1) is 19.8. The molecule has 0 radical (unpaired) electrons. The molecule has 8 nitrogen and oxygen atoms in total. The lowest BCUT2D eigenvalue weighted by Gasteiger charge is -2.32. The van der Waals surface area contributed by atoms with E-state index in [2.05, 4.69) is 15.3 Å². The molecular formula is C22H24N4O4. The molecule has 1 saturated heterocycles. The van der Waals surface area contributed by atoms with Crippen LogP contribution in [0.15, 0.2) is 64.0 Å². The van der Waals surface area contributed by atoms with E-state index in [1.807, 2.05) is 6.07 Å². The lowest BCUT2D eigenvalue weighted by Crippen LogP contribution is -2.43. The topological polar surface area (TPSA) is 89.6 Å². The maximum absolute atomic E-state index is 12.6. The average molecular weight is 408 g/mol. The minimum absolute atomic E-state index is 0.000393. The highest BCUT2D eigenvalue weighted by atomic mass is 16.5. The highest BCUT2D eigenvalue weighted by Gasteiger charge is 2.27. The first-order chi connectivity index (χ1) is 14.6. The average Bonchev–Trinajstić information content (AvgIpc) is 3.32. The maximum Gasteiger partial charge on any atom is 0.271 e. The van der Waals surface area contributed by atoms with Gasteiger partial charge in [-0.1, -0.05) is 0 Å². The zero-order valence-electron chi connectivity index (χ0n) is 16.8. The number of piperidine rings is 1. The van der Waals surface area contributed by atoms with E-state index in [9.17, 15) is 9.59 Å². The van der Waals surface area contributed by atoms with Gasteiger partial charge in [-0.05, 0) is 55.3 Å². The van der Waals surface area contributed by atoms with E-state index in [1.54, 1.807) is 49.8 Å². The normalized spacial score (nSPS) is 16.3. The fourth-order valence-electron chi connectivity index (χ4n) is 3.61. The fraction of sp³-hybridized carbons (Fsp3) is 0.318. The summed E-state index contributed by atoms with van der Waals surface area (Å²) in [5, 5.41) is 7.48. The largest absolute Gasteiger partial charge is 0.497 e. The predicted octanol–water partition coefficient (Wildman–Crippen LogP) is 2.37. The Morgan fingerprint density at radius 3 is 2.80 bits per heavy atom. The summed E-state index contributed by atoms with van der Waals surface area (Å²) in [4.78, 5) is 27.0. The van der Waals surface area contributed by atoms with Gasteiger partial charge in [0, 0.05) is 19.2 Å². The summed E-state index contributed by atoms with van der Waals surface area (Å²) in [7, 11) is 1.59. The quantitative estimate of drug-likeness (QED) is 0.674. The van der Waals surface area contributed by atoms with Gasteiger partial charge in [-0.2, -0.15) is 4.68 Å². The van der Waals surface area contributed by atoms with Crippen LogP contribution >= 0.6 is 0 Å². The molecule has 1 amide bonds. The van der Waals surface area contributed by atoms with Crippen LogP contribution in [-0.4, -0.2) is 35.9 Å². The number of anilines is 1. The molecule has 3 heterocycles. The van der Waals surface area contributed by atoms with Crippen molar-refractivity contribution < 1.29 is 13.9 Å². The third kappa shape index (κ3) is 4.37. The highest BCUT2D eigenvalue weighted by Crippen LogP contribution is 2.22. The van der Waals surface area contributed by atoms with Gasteiger partial charge < -0.3 is 19.4 Å². The Labute approximate surface area is 174 Å². The molecule has 156 valence electrons. The third-order valence-electron chi connectivity index (χ3n) is 5.24. The molecule has 0 saturated carbocycles. The first-order valence-corrected chi connectivity index (χ1v) is 9.94. The number of carbonyl (C=O) groups excluding carboxylic acids is 1. The molecule has 30 heavy (non-hydrogen) atoms. The molecular weight excluding hydrogens is 384 g/mol. The van der Waals surface area contributed by atoms with Gasteiger partial charge in [-0.25, -0.2) is 0 Å². The maximum atomic E-state index is 12.6. The summed E-state index contributed by atoms with van der Waals surface area (Å²) in [5.74, 6) is 1.97.